The van der Waals surface area contributed by atoms with Gasteiger partial charge in [0.15, 0.2) is 15.5 Å². The van der Waals surface area contributed by atoms with Crippen molar-refractivity contribution in [2.45, 2.75) is 32.2 Å². The predicted molar refractivity (Wildman–Crippen MR) is 65.1 cm³/mol. The molecule has 1 aromatic rings. The number of aromatic nitrogens is 1. The summed E-state index contributed by atoms with van der Waals surface area (Å²) < 4.78 is 27.6. The number of carbonyl (C=O) groups excluding carboxylic acids is 1. The lowest BCUT2D eigenvalue weighted by Crippen LogP contribution is -2.35. The maximum absolute atomic E-state index is 11.8. The molecule has 1 atom stereocenters. The average Bonchev–Trinajstić information content (AvgIpc) is 2.85. The zero-order chi connectivity index (χ0) is 13.3. The topological polar surface area (TPSA) is 89.3 Å². The molecule has 2 rings (SSSR count). The van der Waals surface area contributed by atoms with Gasteiger partial charge in [-0.1, -0.05) is 19.0 Å². The Morgan fingerprint density at radius 1 is 1.56 bits per heavy atom. The molecule has 1 aliphatic heterocycles. The minimum Gasteiger partial charge on any atom is -0.360 e. The number of amides is 1. The van der Waals surface area contributed by atoms with Crippen molar-refractivity contribution in [1.82, 2.24) is 10.5 Å². The first-order valence-electron chi connectivity index (χ1n) is 5.85. The van der Waals surface area contributed by atoms with E-state index in [1.54, 1.807) is 6.07 Å². The lowest BCUT2D eigenvalue weighted by molar-refractivity contribution is 0.0932. The minimum absolute atomic E-state index is 0.00757. The van der Waals surface area contributed by atoms with Gasteiger partial charge in [0.25, 0.3) is 5.91 Å². The van der Waals surface area contributed by atoms with Crippen LogP contribution in [0, 0.1) is 0 Å². The van der Waals surface area contributed by atoms with E-state index in [1.165, 1.54) is 0 Å². The van der Waals surface area contributed by atoms with Crippen molar-refractivity contribution in [3.63, 3.8) is 0 Å². The number of sulfone groups is 1. The summed E-state index contributed by atoms with van der Waals surface area (Å²) in [4.78, 5) is 11.8. The van der Waals surface area contributed by atoms with E-state index in [2.05, 4.69) is 10.5 Å². The van der Waals surface area contributed by atoms with E-state index in [9.17, 15) is 13.2 Å². The lowest BCUT2D eigenvalue weighted by Gasteiger charge is -2.08. The largest absolute Gasteiger partial charge is 0.360 e. The maximum Gasteiger partial charge on any atom is 0.273 e. The van der Waals surface area contributed by atoms with Gasteiger partial charge in [-0.15, -0.1) is 0 Å². The van der Waals surface area contributed by atoms with Crippen LogP contribution in [0.25, 0.3) is 0 Å². The normalized spacial score (nSPS) is 22.3. The summed E-state index contributed by atoms with van der Waals surface area (Å²) in [6.45, 7) is 3.87. The zero-order valence-corrected chi connectivity index (χ0v) is 11.2. The van der Waals surface area contributed by atoms with Crippen LogP contribution >= 0.6 is 0 Å². The Morgan fingerprint density at radius 3 is 2.78 bits per heavy atom. The first-order valence-corrected chi connectivity index (χ1v) is 7.67. The molecule has 1 aromatic heterocycles. The van der Waals surface area contributed by atoms with Gasteiger partial charge in [0.1, 0.15) is 5.76 Å². The Hall–Kier alpha value is -1.37. The number of nitrogens with zero attached hydrogens (tertiary/aromatic N) is 1. The van der Waals surface area contributed by atoms with Gasteiger partial charge in [-0.05, 0) is 6.42 Å². The number of rotatable bonds is 3. The van der Waals surface area contributed by atoms with Crippen molar-refractivity contribution in [1.29, 1.82) is 0 Å². The van der Waals surface area contributed by atoms with Crippen LogP contribution in [-0.4, -0.2) is 37.0 Å². The fourth-order valence-electron chi connectivity index (χ4n) is 1.84. The van der Waals surface area contributed by atoms with E-state index in [0.29, 0.717) is 12.2 Å². The summed E-state index contributed by atoms with van der Waals surface area (Å²) in [5, 5.41) is 6.34. The quantitative estimate of drug-likeness (QED) is 0.875. The van der Waals surface area contributed by atoms with Crippen LogP contribution in [0.4, 0.5) is 0 Å². The molecule has 0 aromatic carbocycles. The van der Waals surface area contributed by atoms with E-state index in [-0.39, 0.29) is 35.1 Å². The minimum atomic E-state index is -2.99. The smallest absolute Gasteiger partial charge is 0.273 e. The third-order valence-electron chi connectivity index (χ3n) is 2.90. The molecular weight excluding hydrogens is 256 g/mol. The molecule has 0 spiro atoms. The second kappa shape index (κ2) is 4.72. The number of hydrogen-bond donors (Lipinski definition) is 1. The van der Waals surface area contributed by atoms with Gasteiger partial charge in [0, 0.05) is 18.0 Å². The Morgan fingerprint density at radius 2 is 2.28 bits per heavy atom. The average molecular weight is 272 g/mol. The van der Waals surface area contributed by atoms with Crippen LogP contribution < -0.4 is 5.32 Å². The van der Waals surface area contributed by atoms with Gasteiger partial charge in [0.05, 0.1) is 11.5 Å². The molecule has 0 radical (unpaired) electrons. The Kier molecular flexibility index (Phi) is 3.43. The Labute approximate surface area is 106 Å². The number of hydrogen-bond acceptors (Lipinski definition) is 5. The van der Waals surface area contributed by atoms with Gasteiger partial charge in [-0.2, -0.15) is 0 Å². The molecule has 1 unspecified atom stereocenters. The summed E-state index contributed by atoms with van der Waals surface area (Å²) >= 11 is 0. The first-order chi connectivity index (χ1) is 8.37. The zero-order valence-electron chi connectivity index (χ0n) is 10.3. The SMILES string of the molecule is CC(C)c1cc(C(=O)NC2CCS(=O)(=O)C2)no1. The van der Waals surface area contributed by atoms with Crippen LogP contribution in [0.3, 0.4) is 0 Å². The van der Waals surface area contributed by atoms with Crippen molar-refractivity contribution in [2.75, 3.05) is 11.5 Å². The van der Waals surface area contributed by atoms with E-state index in [4.69, 9.17) is 4.52 Å². The fourth-order valence-corrected chi connectivity index (χ4v) is 3.51. The maximum atomic E-state index is 11.8. The Bertz CT molecular complexity index is 547. The second-order valence-electron chi connectivity index (χ2n) is 4.84. The highest BCUT2D eigenvalue weighted by Crippen LogP contribution is 2.16. The van der Waals surface area contributed by atoms with Crippen molar-refractivity contribution in [3.8, 4) is 0 Å². The molecule has 18 heavy (non-hydrogen) atoms. The Balaban J connectivity index is 2.00. The molecule has 0 bridgehead atoms. The standard InChI is InChI=1S/C11H16N2O4S/c1-7(2)10-5-9(13-17-10)11(14)12-8-3-4-18(15,16)6-8/h5,7-8H,3-4,6H2,1-2H3,(H,12,14). The molecule has 0 aliphatic carbocycles. The van der Waals surface area contributed by atoms with Crippen molar-refractivity contribution >= 4 is 15.7 Å². The van der Waals surface area contributed by atoms with E-state index in [1.807, 2.05) is 13.8 Å². The summed E-state index contributed by atoms with van der Waals surface area (Å²) in [6.07, 6.45) is 0.461. The molecular formula is C11H16N2O4S. The molecule has 1 aliphatic rings. The lowest BCUT2D eigenvalue weighted by atomic mass is 10.1. The van der Waals surface area contributed by atoms with Gasteiger partial charge >= 0.3 is 0 Å². The van der Waals surface area contributed by atoms with Crippen molar-refractivity contribution in [3.05, 3.63) is 17.5 Å². The highest BCUT2D eigenvalue weighted by Gasteiger charge is 2.29. The van der Waals surface area contributed by atoms with Crippen LogP contribution in [-0.2, 0) is 9.84 Å². The van der Waals surface area contributed by atoms with E-state index < -0.39 is 9.84 Å². The van der Waals surface area contributed by atoms with Gasteiger partial charge in [-0.25, -0.2) is 8.42 Å². The first kappa shape index (κ1) is 13.1. The molecule has 1 amide bonds. The molecule has 7 heteroatoms. The molecule has 1 N–H and O–H groups in total. The molecule has 2 heterocycles. The molecule has 100 valence electrons. The van der Waals surface area contributed by atoms with Gasteiger partial charge in [0.2, 0.25) is 0 Å². The summed E-state index contributed by atoms with van der Waals surface area (Å²) in [7, 11) is -2.99. The fraction of sp³-hybridized carbons (Fsp3) is 0.636. The van der Waals surface area contributed by atoms with E-state index in [0.717, 1.165) is 0 Å². The van der Waals surface area contributed by atoms with E-state index >= 15 is 0 Å². The second-order valence-corrected chi connectivity index (χ2v) is 7.07. The third kappa shape index (κ3) is 2.90. The monoisotopic (exact) mass is 272 g/mol. The summed E-state index contributed by atoms with van der Waals surface area (Å²) in [6, 6.07) is 1.27. The van der Waals surface area contributed by atoms with Gasteiger partial charge in [-0.3, -0.25) is 4.79 Å². The van der Waals surface area contributed by atoms with Crippen LogP contribution in [0.1, 0.15) is 42.4 Å². The molecule has 0 saturated carbocycles. The molecule has 1 fully saturated rings. The number of nitrogens with one attached hydrogen (secondary N) is 1. The third-order valence-corrected chi connectivity index (χ3v) is 4.67. The van der Waals surface area contributed by atoms with Gasteiger partial charge < -0.3 is 9.84 Å². The summed E-state index contributed by atoms with van der Waals surface area (Å²) in [5.74, 6) is 0.555. The van der Waals surface area contributed by atoms with Crippen LogP contribution in [0.5, 0.6) is 0 Å². The highest BCUT2D eigenvalue weighted by molar-refractivity contribution is 7.91. The predicted octanol–water partition coefficient (Wildman–Crippen LogP) is 0.715. The highest BCUT2D eigenvalue weighted by atomic mass is 32.2. The van der Waals surface area contributed by atoms with Crippen LogP contribution in [0.15, 0.2) is 10.6 Å². The van der Waals surface area contributed by atoms with Crippen molar-refractivity contribution < 1.29 is 17.7 Å². The molecule has 1 saturated heterocycles. The number of carbonyl (C=O) groups is 1. The molecule has 6 nitrogen and oxygen atoms in total. The van der Waals surface area contributed by atoms with Crippen LogP contribution in [0.2, 0.25) is 0 Å². The van der Waals surface area contributed by atoms with Crippen molar-refractivity contribution in [2.24, 2.45) is 0 Å². The summed E-state index contributed by atoms with van der Waals surface area (Å²) in [5.41, 5.74) is 0.197.